The van der Waals surface area contributed by atoms with E-state index in [1.807, 2.05) is 53.4 Å². The van der Waals surface area contributed by atoms with Crippen molar-refractivity contribution in [1.29, 1.82) is 0 Å². The number of sulfonamides is 1. The molecule has 1 aliphatic heterocycles. The molecule has 0 spiro atoms. The highest BCUT2D eigenvalue weighted by Gasteiger charge is 2.42. The summed E-state index contributed by atoms with van der Waals surface area (Å²) in [5.41, 5.74) is 4.84. The lowest BCUT2D eigenvalue weighted by atomic mass is 10.0. The van der Waals surface area contributed by atoms with E-state index in [2.05, 4.69) is 38.6 Å². The highest BCUT2D eigenvalue weighted by Crippen LogP contribution is 2.44. The fourth-order valence-corrected chi connectivity index (χ4v) is 5.84. The number of hydrogen-bond donors (Lipinski definition) is 2. The molecule has 2 aromatic carbocycles. The minimum atomic E-state index is -3.55. The van der Waals surface area contributed by atoms with Gasteiger partial charge in [0.05, 0.1) is 37.9 Å². The summed E-state index contributed by atoms with van der Waals surface area (Å²) in [6.07, 6.45) is 2.86. The van der Waals surface area contributed by atoms with Crippen molar-refractivity contribution in [2.75, 3.05) is 30.1 Å². The van der Waals surface area contributed by atoms with E-state index in [-0.39, 0.29) is 12.1 Å². The van der Waals surface area contributed by atoms with Crippen LogP contribution in [0.15, 0.2) is 79.0 Å². The van der Waals surface area contributed by atoms with Gasteiger partial charge in [-0.3, -0.25) is 9.71 Å². The smallest absolute Gasteiger partial charge is 0.229 e. The number of rotatable bonds is 8. The molecule has 202 valence electrons. The summed E-state index contributed by atoms with van der Waals surface area (Å²) < 4.78 is 39.7. The second-order valence-electron chi connectivity index (χ2n) is 9.19. The lowest BCUT2D eigenvalue weighted by Gasteiger charge is -2.30. The number of nitrogens with one attached hydrogen (secondary N) is 2. The molecule has 1 fully saturated rings. The molecular weight excluding hydrogens is 534 g/mol. The van der Waals surface area contributed by atoms with Crippen LogP contribution in [-0.2, 0) is 10.0 Å². The van der Waals surface area contributed by atoms with Crippen LogP contribution in [-0.4, -0.2) is 43.6 Å². The van der Waals surface area contributed by atoms with E-state index in [9.17, 15) is 8.42 Å². The van der Waals surface area contributed by atoms with Crippen molar-refractivity contribution < 1.29 is 17.9 Å². The Morgan fingerprint density at radius 2 is 1.72 bits per heavy atom. The van der Waals surface area contributed by atoms with E-state index in [4.69, 9.17) is 21.7 Å². The number of aromatic nitrogens is 2. The zero-order valence-corrected chi connectivity index (χ0v) is 23.6. The first-order chi connectivity index (χ1) is 18.7. The lowest BCUT2D eigenvalue weighted by molar-refractivity contribution is 0.414. The molecule has 2 N–H and O–H groups in total. The summed E-state index contributed by atoms with van der Waals surface area (Å²) in [4.78, 5) is 6.63. The quantitative estimate of drug-likeness (QED) is 0.297. The molecule has 39 heavy (non-hydrogen) atoms. The van der Waals surface area contributed by atoms with E-state index < -0.39 is 10.0 Å². The largest absolute Gasteiger partial charge is 0.497 e. The fourth-order valence-electron chi connectivity index (χ4n) is 4.93. The maximum absolute atomic E-state index is 12.1. The molecule has 1 aliphatic rings. The van der Waals surface area contributed by atoms with E-state index in [1.165, 1.54) is 7.11 Å². The Bertz CT molecular complexity index is 1600. The molecule has 11 heteroatoms. The Morgan fingerprint density at radius 1 is 0.974 bits per heavy atom. The number of aryl methyl sites for hydroxylation is 1. The fraction of sp³-hybridized carbons (Fsp3) is 0.214. The third kappa shape index (κ3) is 5.27. The van der Waals surface area contributed by atoms with Crippen LogP contribution in [0.5, 0.6) is 11.5 Å². The first-order valence-corrected chi connectivity index (χ1v) is 14.5. The number of methoxy groups -OCH3 is 2. The van der Waals surface area contributed by atoms with Gasteiger partial charge in [-0.1, -0.05) is 6.07 Å². The Hall–Kier alpha value is -4.09. The predicted molar refractivity (Wildman–Crippen MR) is 156 cm³/mol. The maximum Gasteiger partial charge on any atom is 0.229 e. The van der Waals surface area contributed by atoms with Crippen molar-refractivity contribution in [3.63, 3.8) is 0 Å². The molecule has 5 rings (SSSR count). The van der Waals surface area contributed by atoms with Gasteiger partial charge in [-0.15, -0.1) is 0 Å². The number of thiocarbonyl (C=S) groups is 1. The molecule has 4 aromatic rings. The number of pyridine rings is 1. The molecule has 0 aliphatic carbocycles. The highest BCUT2D eigenvalue weighted by molar-refractivity contribution is 7.92. The van der Waals surface area contributed by atoms with Crippen LogP contribution in [0.1, 0.15) is 29.2 Å². The molecule has 2 aromatic heterocycles. The summed E-state index contributed by atoms with van der Waals surface area (Å²) >= 11 is 5.88. The summed E-state index contributed by atoms with van der Waals surface area (Å²) in [5, 5.41) is 3.95. The van der Waals surface area contributed by atoms with Gasteiger partial charge in [-0.05, 0) is 85.9 Å². The van der Waals surface area contributed by atoms with Gasteiger partial charge >= 0.3 is 0 Å². The van der Waals surface area contributed by atoms with Crippen LogP contribution < -0.4 is 24.4 Å². The molecule has 3 heterocycles. The molecule has 0 saturated carbocycles. The standard InChI is InChI=1S/C28H29N5O4S2/c1-18-8-14-24(32(18)19-9-12-21(36-2)13-10-19)27-26(22-7-5-6-16-29-22)30-28(38)33(27)20-11-15-25(37-3)23(17-20)31-39(4,34)35/h5-17,26-27,31H,1-4H3,(H,30,38)/t26-,27-/m1/s1. The van der Waals surface area contributed by atoms with Crippen LogP contribution >= 0.6 is 12.2 Å². The SMILES string of the molecule is COc1ccc(-n2c(C)ccc2[C@@H]2[C@@H](c3ccccn3)NC(=S)N2c2ccc(OC)c(NS(C)(=O)=O)c2)cc1. The van der Waals surface area contributed by atoms with Gasteiger partial charge in [0.1, 0.15) is 17.5 Å². The van der Waals surface area contributed by atoms with Gasteiger partial charge in [0.2, 0.25) is 10.0 Å². The third-order valence-electron chi connectivity index (χ3n) is 6.59. The summed E-state index contributed by atoms with van der Waals surface area (Å²) in [5.74, 6) is 1.17. The van der Waals surface area contributed by atoms with Gasteiger partial charge in [0.25, 0.3) is 0 Å². The Kier molecular flexibility index (Phi) is 7.19. The van der Waals surface area contributed by atoms with E-state index >= 15 is 0 Å². The second kappa shape index (κ2) is 10.6. The molecular formula is C28H29N5O4S2. The third-order valence-corrected chi connectivity index (χ3v) is 7.50. The second-order valence-corrected chi connectivity index (χ2v) is 11.3. The average molecular weight is 564 g/mol. The Labute approximate surface area is 233 Å². The minimum Gasteiger partial charge on any atom is -0.497 e. The Balaban J connectivity index is 1.68. The van der Waals surface area contributed by atoms with E-state index in [0.29, 0.717) is 22.2 Å². The van der Waals surface area contributed by atoms with E-state index in [1.54, 1.807) is 25.4 Å². The normalized spacial score (nSPS) is 17.1. The average Bonchev–Trinajstić information content (AvgIpc) is 3.47. The zero-order chi connectivity index (χ0) is 27.7. The van der Waals surface area contributed by atoms with Crippen molar-refractivity contribution >= 4 is 38.7 Å². The molecule has 0 unspecified atom stereocenters. The summed E-state index contributed by atoms with van der Waals surface area (Å²) in [7, 11) is -0.412. The number of benzene rings is 2. The van der Waals surface area contributed by atoms with Crippen molar-refractivity contribution in [1.82, 2.24) is 14.9 Å². The zero-order valence-electron chi connectivity index (χ0n) is 22.0. The van der Waals surface area contributed by atoms with Crippen molar-refractivity contribution in [2.24, 2.45) is 0 Å². The number of anilines is 2. The number of nitrogens with zero attached hydrogens (tertiary/aromatic N) is 3. The summed E-state index contributed by atoms with van der Waals surface area (Å²) in [6, 6.07) is 22.5. The minimum absolute atomic E-state index is 0.279. The molecule has 0 bridgehead atoms. The van der Waals surface area contributed by atoms with Crippen LogP contribution in [0.25, 0.3) is 5.69 Å². The number of ether oxygens (including phenoxy) is 2. The lowest BCUT2D eigenvalue weighted by Crippen LogP contribution is -2.30. The Morgan fingerprint density at radius 3 is 2.36 bits per heavy atom. The molecule has 9 nitrogen and oxygen atoms in total. The number of hydrogen-bond acceptors (Lipinski definition) is 6. The monoisotopic (exact) mass is 563 g/mol. The van der Waals surface area contributed by atoms with Gasteiger partial charge in [0, 0.05) is 29.0 Å². The molecule has 2 atom stereocenters. The maximum atomic E-state index is 12.1. The van der Waals surface area contributed by atoms with Gasteiger partial charge in [0.15, 0.2) is 5.11 Å². The molecule has 1 saturated heterocycles. The summed E-state index contributed by atoms with van der Waals surface area (Å²) in [6.45, 7) is 2.05. The molecule has 0 amide bonds. The first-order valence-electron chi connectivity index (χ1n) is 12.2. The van der Waals surface area contributed by atoms with Crippen molar-refractivity contribution in [2.45, 2.75) is 19.0 Å². The van der Waals surface area contributed by atoms with Crippen LogP contribution in [0, 0.1) is 6.92 Å². The van der Waals surface area contributed by atoms with Crippen molar-refractivity contribution in [3.8, 4) is 17.2 Å². The van der Waals surface area contributed by atoms with Crippen LogP contribution in [0.2, 0.25) is 0 Å². The van der Waals surface area contributed by atoms with Crippen LogP contribution in [0.3, 0.4) is 0 Å². The van der Waals surface area contributed by atoms with Gasteiger partial charge in [-0.25, -0.2) is 8.42 Å². The predicted octanol–water partition coefficient (Wildman–Crippen LogP) is 4.75. The van der Waals surface area contributed by atoms with Crippen molar-refractivity contribution in [3.05, 3.63) is 96.1 Å². The van der Waals surface area contributed by atoms with E-state index in [0.717, 1.165) is 34.8 Å². The first kappa shape index (κ1) is 26.5. The molecule has 0 radical (unpaired) electrons. The van der Waals surface area contributed by atoms with Gasteiger partial charge < -0.3 is 24.3 Å². The van der Waals surface area contributed by atoms with Gasteiger partial charge in [-0.2, -0.15) is 0 Å². The highest BCUT2D eigenvalue weighted by atomic mass is 32.2. The topological polar surface area (TPSA) is 97.7 Å². The van der Waals surface area contributed by atoms with Crippen LogP contribution in [0.4, 0.5) is 11.4 Å².